The van der Waals surface area contributed by atoms with Crippen LogP contribution in [-0.4, -0.2) is 17.0 Å². The number of carboxylic acids is 1. The van der Waals surface area contributed by atoms with Gasteiger partial charge < -0.3 is 16.2 Å². The molecule has 6 rings (SSSR count). The molecule has 0 aliphatic heterocycles. The molecule has 5 aromatic rings. The fourth-order valence-electron chi connectivity index (χ4n) is 5.56. The zero-order chi connectivity index (χ0) is 26.3. The van der Waals surface area contributed by atoms with Crippen molar-refractivity contribution in [2.75, 3.05) is 11.1 Å². The summed E-state index contributed by atoms with van der Waals surface area (Å²) in [6.07, 6.45) is 0. The van der Waals surface area contributed by atoms with Crippen LogP contribution in [0.2, 0.25) is 0 Å². The third kappa shape index (κ3) is 3.64. The van der Waals surface area contributed by atoms with Crippen molar-refractivity contribution in [1.29, 1.82) is 0 Å². The van der Waals surface area contributed by atoms with Crippen molar-refractivity contribution in [2.24, 2.45) is 0 Å². The van der Waals surface area contributed by atoms with Crippen LogP contribution in [0.1, 0.15) is 43.0 Å². The van der Waals surface area contributed by atoms with Gasteiger partial charge in [0.2, 0.25) is 0 Å². The van der Waals surface area contributed by atoms with Gasteiger partial charge in [-0.15, -0.1) is 0 Å². The molecule has 0 unspecified atom stereocenters. The van der Waals surface area contributed by atoms with Gasteiger partial charge in [0.1, 0.15) is 0 Å². The Balaban J connectivity index is 1.45. The molecule has 1 aliphatic rings. The molecule has 4 N–H and O–H groups in total. The monoisotopic (exact) mass is 496 g/mol. The molecular weight excluding hydrogens is 472 g/mol. The lowest BCUT2D eigenvalue weighted by molar-refractivity contribution is 0.0697. The highest BCUT2D eigenvalue weighted by atomic mass is 16.4. The molecule has 0 atom stereocenters. The fraction of sp³-hybridized carbons (Fsp3) is 0.0303. The molecule has 1 amide bonds. The Kier molecular flexibility index (Phi) is 5.54. The van der Waals surface area contributed by atoms with Crippen molar-refractivity contribution in [3.05, 3.63) is 155 Å². The van der Waals surface area contributed by atoms with Crippen LogP contribution in [0.15, 0.2) is 121 Å². The maximum absolute atomic E-state index is 12.9. The number of amides is 1. The van der Waals surface area contributed by atoms with Crippen LogP contribution in [0.5, 0.6) is 0 Å². The van der Waals surface area contributed by atoms with Gasteiger partial charge in [0, 0.05) is 16.9 Å². The van der Waals surface area contributed by atoms with E-state index in [1.807, 2.05) is 36.4 Å². The molecule has 0 saturated carbocycles. The number of hydrogen-bond donors (Lipinski definition) is 3. The van der Waals surface area contributed by atoms with Crippen LogP contribution in [0.3, 0.4) is 0 Å². The summed E-state index contributed by atoms with van der Waals surface area (Å²) in [5.41, 5.74) is 14.1. The summed E-state index contributed by atoms with van der Waals surface area (Å²) in [5, 5.41) is 12.1. The summed E-state index contributed by atoms with van der Waals surface area (Å²) < 4.78 is 0. The number of rotatable bonds is 5. The number of nitrogen functional groups attached to an aromatic ring is 1. The molecule has 38 heavy (non-hydrogen) atoms. The fourth-order valence-corrected chi connectivity index (χ4v) is 5.56. The molecule has 0 heterocycles. The molecule has 5 nitrogen and oxygen atoms in total. The Morgan fingerprint density at radius 2 is 1.16 bits per heavy atom. The van der Waals surface area contributed by atoms with Crippen molar-refractivity contribution in [1.82, 2.24) is 0 Å². The van der Waals surface area contributed by atoms with Gasteiger partial charge in [0.25, 0.3) is 5.91 Å². The summed E-state index contributed by atoms with van der Waals surface area (Å²) in [5.74, 6) is -1.44. The lowest BCUT2D eigenvalue weighted by Gasteiger charge is -2.34. The van der Waals surface area contributed by atoms with E-state index in [4.69, 9.17) is 5.73 Å². The number of carboxylic acid groups (broad SMARTS) is 1. The highest BCUT2D eigenvalue weighted by Gasteiger charge is 2.45. The normalized spacial score (nSPS) is 12.8. The largest absolute Gasteiger partial charge is 0.478 e. The zero-order valence-corrected chi connectivity index (χ0v) is 20.4. The van der Waals surface area contributed by atoms with Gasteiger partial charge in [-0.05, 0) is 75.8 Å². The molecule has 0 aromatic heterocycles. The standard InChI is InChI=1S/C33H24N2O3/c34-25-16-12-23(13-17-25)33(29-10-3-1-8-27(29)28-9-2-4-11-30(28)33)24-14-18-26(19-15-24)35-31(36)21-6-5-7-22(20-21)32(37)38/h1-20H,34H2,(H,35,36)(H,37,38). The number of benzene rings is 5. The van der Waals surface area contributed by atoms with E-state index in [9.17, 15) is 14.7 Å². The Hall–Kier alpha value is -5.16. The van der Waals surface area contributed by atoms with E-state index in [1.165, 1.54) is 34.4 Å². The average Bonchev–Trinajstić information content (AvgIpc) is 3.25. The second kappa shape index (κ2) is 9.05. The van der Waals surface area contributed by atoms with Crippen molar-refractivity contribution in [3.63, 3.8) is 0 Å². The second-order valence-electron chi connectivity index (χ2n) is 9.38. The van der Waals surface area contributed by atoms with E-state index in [1.54, 1.807) is 12.1 Å². The predicted molar refractivity (Wildman–Crippen MR) is 150 cm³/mol. The molecule has 0 fully saturated rings. The van der Waals surface area contributed by atoms with Crippen molar-refractivity contribution >= 4 is 23.3 Å². The second-order valence-corrected chi connectivity index (χ2v) is 9.38. The highest BCUT2D eigenvalue weighted by Crippen LogP contribution is 2.56. The molecule has 5 heteroatoms. The van der Waals surface area contributed by atoms with E-state index >= 15 is 0 Å². The Morgan fingerprint density at radius 1 is 0.632 bits per heavy atom. The van der Waals surface area contributed by atoms with Gasteiger partial charge in [0.15, 0.2) is 0 Å². The van der Waals surface area contributed by atoms with Crippen molar-refractivity contribution in [3.8, 4) is 11.1 Å². The van der Waals surface area contributed by atoms with Crippen LogP contribution in [0, 0.1) is 0 Å². The van der Waals surface area contributed by atoms with Gasteiger partial charge in [-0.25, -0.2) is 4.79 Å². The first-order valence-corrected chi connectivity index (χ1v) is 12.3. The minimum Gasteiger partial charge on any atom is -0.478 e. The van der Waals surface area contributed by atoms with E-state index in [0.717, 1.165) is 11.1 Å². The van der Waals surface area contributed by atoms with Crippen molar-refractivity contribution < 1.29 is 14.7 Å². The molecular formula is C33H24N2O3. The van der Waals surface area contributed by atoms with Crippen molar-refractivity contribution in [2.45, 2.75) is 5.41 Å². The molecule has 0 radical (unpaired) electrons. The first-order chi connectivity index (χ1) is 18.5. The quantitative estimate of drug-likeness (QED) is 0.235. The number of fused-ring (bicyclic) bond motifs is 3. The van der Waals surface area contributed by atoms with Gasteiger partial charge >= 0.3 is 5.97 Å². The maximum atomic E-state index is 12.9. The average molecular weight is 497 g/mol. The van der Waals surface area contributed by atoms with Crippen LogP contribution in [0.25, 0.3) is 11.1 Å². The SMILES string of the molecule is Nc1ccc(C2(c3ccc(NC(=O)c4cccc(C(=O)O)c4)cc3)c3ccccc3-c3ccccc32)cc1. The topological polar surface area (TPSA) is 92.4 Å². The molecule has 0 spiro atoms. The number of aromatic carboxylic acids is 1. The third-order valence-corrected chi connectivity index (χ3v) is 7.24. The summed E-state index contributed by atoms with van der Waals surface area (Å²) in [6.45, 7) is 0. The molecule has 5 aromatic carbocycles. The zero-order valence-electron chi connectivity index (χ0n) is 20.4. The van der Waals surface area contributed by atoms with Gasteiger partial charge in [-0.1, -0.05) is 78.9 Å². The molecule has 184 valence electrons. The number of hydrogen-bond acceptors (Lipinski definition) is 3. The summed E-state index contributed by atoms with van der Waals surface area (Å²) in [4.78, 5) is 24.2. The van der Waals surface area contributed by atoms with Crippen LogP contribution in [-0.2, 0) is 5.41 Å². The van der Waals surface area contributed by atoms with E-state index < -0.39 is 11.4 Å². The Labute approximate surface area is 220 Å². The van der Waals surface area contributed by atoms with Gasteiger partial charge in [-0.3, -0.25) is 4.79 Å². The van der Waals surface area contributed by atoms with E-state index in [2.05, 4.69) is 66.0 Å². The number of anilines is 2. The van der Waals surface area contributed by atoms with Crippen LogP contribution >= 0.6 is 0 Å². The molecule has 0 bridgehead atoms. The molecule has 1 aliphatic carbocycles. The number of nitrogens with two attached hydrogens (primary N) is 1. The summed E-state index contributed by atoms with van der Waals surface area (Å²) in [6, 6.07) is 38.8. The smallest absolute Gasteiger partial charge is 0.335 e. The van der Waals surface area contributed by atoms with E-state index in [-0.39, 0.29) is 17.0 Å². The van der Waals surface area contributed by atoms with E-state index in [0.29, 0.717) is 11.4 Å². The lowest BCUT2D eigenvalue weighted by Crippen LogP contribution is -2.28. The summed E-state index contributed by atoms with van der Waals surface area (Å²) in [7, 11) is 0. The number of carbonyl (C=O) groups is 2. The first kappa shape index (κ1) is 23.3. The van der Waals surface area contributed by atoms with Gasteiger partial charge in [-0.2, -0.15) is 0 Å². The minimum atomic E-state index is -1.07. The minimum absolute atomic E-state index is 0.0667. The maximum Gasteiger partial charge on any atom is 0.335 e. The summed E-state index contributed by atoms with van der Waals surface area (Å²) >= 11 is 0. The molecule has 0 saturated heterocycles. The first-order valence-electron chi connectivity index (χ1n) is 12.3. The Morgan fingerprint density at radius 3 is 1.74 bits per heavy atom. The third-order valence-electron chi connectivity index (χ3n) is 7.24. The van der Waals surface area contributed by atoms with Crippen LogP contribution in [0.4, 0.5) is 11.4 Å². The van der Waals surface area contributed by atoms with Crippen LogP contribution < -0.4 is 11.1 Å². The predicted octanol–water partition coefficient (Wildman–Crippen LogP) is 6.58. The Bertz CT molecular complexity index is 1640. The highest BCUT2D eigenvalue weighted by molar-refractivity contribution is 6.05. The number of carbonyl (C=O) groups excluding carboxylic acids is 1. The van der Waals surface area contributed by atoms with Gasteiger partial charge in [0.05, 0.1) is 11.0 Å². The lowest BCUT2D eigenvalue weighted by atomic mass is 9.67. The number of nitrogens with one attached hydrogen (secondary N) is 1.